The smallest absolute Gasteiger partial charge is 0.336 e. The molecule has 0 radical (unpaired) electrons. The molecule has 88 valence electrons. The lowest BCUT2D eigenvalue weighted by Crippen LogP contribution is -1.97. The number of fused-ring (bicyclic) bond motifs is 2. The van der Waals surface area contributed by atoms with Gasteiger partial charge in [-0.3, -0.25) is 0 Å². The summed E-state index contributed by atoms with van der Waals surface area (Å²) in [7, 11) is 0. The molecule has 3 rings (SSSR count). The van der Waals surface area contributed by atoms with Crippen LogP contribution in [0, 0.1) is 0 Å². The molecule has 0 atom stereocenters. The van der Waals surface area contributed by atoms with E-state index in [0.29, 0.717) is 10.4 Å². The van der Waals surface area contributed by atoms with Crippen molar-refractivity contribution < 1.29 is 9.90 Å². The molecular weight excluding hydrogens is 248 g/mol. The van der Waals surface area contributed by atoms with Crippen molar-refractivity contribution in [2.75, 3.05) is 0 Å². The number of hydrogen-bond donors (Lipinski definition) is 1. The van der Waals surface area contributed by atoms with Gasteiger partial charge in [0, 0.05) is 10.8 Å². The first-order valence-corrected chi connectivity index (χ1v) is 5.89. The molecule has 0 heterocycles. The summed E-state index contributed by atoms with van der Waals surface area (Å²) < 4.78 is 0. The normalized spacial score (nSPS) is 10.9. The Morgan fingerprint density at radius 2 is 1.67 bits per heavy atom. The minimum atomic E-state index is -0.938. The Kier molecular flexibility index (Phi) is 2.46. The van der Waals surface area contributed by atoms with Crippen LogP contribution in [-0.4, -0.2) is 11.1 Å². The van der Waals surface area contributed by atoms with Crippen LogP contribution < -0.4 is 0 Å². The third-order valence-corrected chi connectivity index (χ3v) is 3.48. The van der Waals surface area contributed by atoms with E-state index in [2.05, 4.69) is 0 Å². The Balaban J connectivity index is 2.55. The van der Waals surface area contributed by atoms with Crippen LogP contribution in [0.5, 0.6) is 0 Å². The molecule has 3 aromatic rings. The standard InChI is InChI=1S/C15H9ClO2/c16-14-10-5-2-1-4-9(10)8-13-11(14)6-3-7-12(13)15(17)18/h1-8H,(H,17,18). The molecule has 0 saturated carbocycles. The van der Waals surface area contributed by atoms with Gasteiger partial charge in [-0.25, -0.2) is 4.79 Å². The fourth-order valence-electron chi connectivity index (χ4n) is 2.22. The highest BCUT2D eigenvalue weighted by atomic mass is 35.5. The Bertz CT molecular complexity index is 778. The number of rotatable bonds is 1. The summed E-state index contributed by atoms with van der Waals surface area (Å²) in [6.07, 6.45) is 0. The van der Waals surface area contributed by atoms with Crippen molar-refractivity contribution in [1.29, 1.82) is 0 Å². The monoisotopic (exact) mass is 256 g/mol. The predicted molar refractivity (Wildman–Crippen MR) is 73.4 cm³/mol. The molecule has 0 aromatic heterocycles. The van der Waals surface area contributed by atoms with Gasteiger partial charge in [-0.1, -0.05) is 48.0 Å². The molecule has 3 aromatic carbocycles. The first-order chi connectivity index (χ1) is 8.68. The van der Waals surface area contributed by atoms with Crippen molar-refractivity contribution in [3.05, 3.63) is 59.1 Å². The summed E-state index contributed by atoms with van der Waals surface area (Å²) in [6.45, 7) is 0. The van der Waals surface area contributed by atoms with E-state index in [-0.39, 0.29) is 5.56 Å². The van der Waals surface area contributed by atoms with Crippen LogP contribution in [0.2, 0.25) is 5.02 Å². The number of benzene rings is 3. The molecule has 0 unspecified atom stereocenters. The van der Waals surface area contributed by atoms with Gasteiger partial charge in [0.05, 0.1) is 10.6 Å². The number of carboxylic acids is 1. The highest BCUT2D eigenvalue weighted by Gasteiger charge is 2.12. The third-order valence-electron chi connectivity index (χ3n) is 3.07. The summed E-state index contributed by atoms with van der Waals surface area (Å²) in [6, 6.07) is 14.7. The van der Waals surface area contributed by atoms with Crippen molar-refractivity contribution in [3.63, 3.8) is 0 Å². The maximum Gasteiger partial charge on any atom is 0.336 e. The number of halogens is 1. The lowest BCUT2D eigenvalue weighted by molar-refractivity contribution is 0.0699. The molecule has 0 aliphatic rings. The summed E-state index contributed by atoms with van der Waals surface area (Å²) in [4.78, 5) is 11.2. The SMILES string of the molecule is O=C(O)c1cccc2c(Cl)c3ccccc3cc12. The average molecular weight is 257 g/mol. The van der Waals surface area contributed by atoms with Gasteiger partial charge in [0.1, 0.15) is 0 Å². The molecule has 0 spiro atoms. The van der Waals surface area contributed by atoms with Gasteiger partial charge in [0.15, 0.2) is 0 Å². The molecule has 1 N–H and O–H groups in total. The summed E-state index contributed by atoms with van der Waals surface area (Å²) in [5, 5.41) is 13.1. The van der Waals surface area contributed by atoms with Crippen LogP contribution in [-0.2, 0) is 0 Å². The van der Waals surface area contributed by atoms with Gasteiger partial charge < -0.3 is 5.11 Å². The van der Waals surface area contributed by atoms with Gasteiger partial charge >= 0.3 is 5.97 Å². The van der Waals surface area contributed by atoms with Crippen molar-refractivity contribution in [2.45, 2.75) is 0 Å². The highest BCUT2D eigenvalue weighted by Crippen LogP contribution is 2.33. The molecule has 0 bridgehead atoms. The average Bonchev–Trinajstić information content (AvgIpc) is 2.38. The van der Waals surface area contributed by atoms with E-state index in [4.69, 9.17) is 11.6 Å². The quantitative estimate of drug-likeness (QED) is 0.658. The minimum Gasteiger partial charge on any atom is -0.478 e. The largest absolute Gasteiger partial charge is 0.478 e. The molecular formula is C15H9ClO2. The van der Waals surface area contributed by atoms with Gasteiger partial charge in [-0.15, -0.1) is 0 Å². The van der Waals surface area contributed by atoms with Crippen molar-refractivity contribution in [3.8, 4) is 0 Å². The van der Waals surface area contributed by atoms with E-state index >= 15 is 0 Å². The summed E-state index contributed by atoms with van der Waals surface area (Å²) >= 11 is 6.36. The molecule has 0 fully saturated rings. The van der Waals surface area contributed by atoms with Crippen LogP contribution >= 0.6 is 11.6 Å². The Morgan fingerprint density at radius 1 is 0.944 bits per heavy atom. The predicted octanol–water partition coefficient (Wildman–Crippen LogP) is 4.34. The van der Waals surface area contributed by atoms with E-state index in [0.717, 1.165) is 16.2 Å². The first kappa shape index (κ1) is 11.1. The Hall–Kier alpha value is -2.06. The second kappa shape index (κ2) is 4.00. The van der Waals surface area contributed by atoms with Crippen molar-refractivity contribution >= 4 is 39.1 Å². The Labute approximate surface area is 108 Å². The Morgan fingerprint density at radius 3 is 2.44 bits per heavy atom. The minimum absolute atomic E-state index is 0.278. The zero-order chi connectivity index (χ0) is 12.7. The van der Waals surface area contributed by atoms with Crippen LogP contribution in [0.3, 0.4) is 0 Å². The van der Waals surface area contributed by atoms with Crippen LogP contribution in [0.4, 0.5) is 0 Å². The van der Waals surface area contributed by atoms with Gasteiger partial charge in [0.2, 0.25) is 0 Å². The zero-order valence-electron chi connectivity index (χ0n) is 9.35. The second-order valence-electron chi connectivity index (χ2n) is 4.12. The lowest BCUT2D eigenvalue weighted by atomic mass is 9.99. The lowest BCUT2D eigenvalue weighted by Gasteiger charge is -2.08. The third kappa shape index (κ3) is 1.54. The maximum absolute atomic E-state index is 11.2. The highest BCUT2D eigenvalue weighted by molar-refractivity contribution is 6.41. The van der Waals surface area contributed by atoms with E-state index in [9.17, 15) is 9.90 Å². The molecule has 3 heteroatoms. The van der Waals surface area contributed by atoms with Crippen molar-refractivity contribution in [1.82, 2.24) is 0 Å². The fourth-order valence-corrected chi connectivity index (χ4v) is 2.56. The molecule has 0 aliphatic heterocycles. The van der Waals surface area contributed by atoms with Crippen LogP contribution in [0.25, 0.3) is 21.5 Å². The van der Waals surface area contributed by atoms with E-state index in [1.807, 2.05) is 36.4 Å². The van der Waals surface area contributed by atoms with E-state index in [1.165, 1.54) is 0 Å². The number of carboxylic acid groups (broad SMARTS) is 1. The van der Waals surface area contributed by atoms with E-state index in [1.54, 1.807) is 12.1 Å². The van der Waals surface area contributed by atoms with E-state index < -0.39 is 5.97 Å². The van der Waals surface area contributed by atoms with Gasteiger partial charge in [0.25, 0.3) is 0 Å². The molecule has 0 saturated heterocycles. The van der Waals surface area contributed by atoms with Crippen molar-refractivity contribution in [2.24, 2.45) is 0 Å². The molecule has 0 aliphatic carbocycles. The van der Waals surface area contributed by atoms with Crippen LogP contribution in [0.1, 0.15) is 10.4 Å². The second-order valence-corrected chi connectivity index (χ2v) is 4.50. The van der Waals surface area contributed by atoms with Crippen LogP contribution in [0.15, 0.2) is 48.5 Å². The summed E-state index contributed by atoms with van der Waals surface area (Å²) in [5.74, 6) is -0.938. The molecule has 0 amide bonds. The number of hydrogen-bond acceptors (Lipinski definition) is 1. The fraction of sp³-hybridized carbons (Fsp3) is 0. The van der Waals surface area contributed by atoms with Gasteiger partial charge in [-0.05, 0) is 22.9 Å². The zero-order valence-corrected chi connectivity index (χ0v) is 10.1. The number of carbonyl (C=O) groups is 1. The molecule has 2 nitrogen and oxygen atoms in total. The molecule has 18 heavy (non-hydrogen) atoms. The van der Waals surface area contributed by atoms with Gasteiger partial charge in [-0.2, -0.15) is 0 Å². The maximum atomic E-state index is 11.2. The first-order valence-electron chi connectivity index (χ1n) is 5.52. The number of aromatic carboxylic acids is 1. The summed E-state index contributed by atoms with van der Waals surface area (Å²) in [5.41, 5.74) is 0.278. The topological polar surface area (TPSA) is 37.3 Å².